The van der Waals surface area contributed by atoms with Gasteiger partial charge in [0.15, 0.2) is 5.72 Å². The van der Waals surface area contributed by atoms with Gasteiger partial charge in [0.1, 0.15) is 35.8 Å². The Morgan fingerprint density at radius 3 is 2.39 bits per heavy atom. The fourth-order valence-electron chi connectivity index (χ4n) is 10.9. The third kappa shape index (κ3) is 16.8. The highest BCUT2D eigenvalue weighted by Gasteiger charge is 2.51. The number of phenolic OH excluding ortho intramolecular Hbond substituents is 1. The Labute approximate surface area is 451 Å². The van der Waals surface area contributed by atoms with Crippen LogP contribution in [0.1, 0.15) is 145 Å². The molecule has 420 valence electrons. The second-order valence-corrected chi connectivity index (χ2v) is 22.6. The lowest BCUT2D eigenvalue weighted by Crippen LogP contribution is -2.64. The molecule has 7 N–H and O–H groups in total. The van der Waals surface area contributed by atoms with Crippen LogP contribution in [0.4, 0.5) is 0 Å². The van der Waals surface area contributed by atoms with Gasteiger partial charge in [-0.1, -0.05) is 109 Å². The number of Topliss-reactive ketones (excluding diaryl/α,β-unsaturated/α-hetero) is 1. The predicted octanol–water partition coefficient (Wildman–Crippen LogP) is 7.39. The summed E-state index contributed by atoms with van der Waals surface area (Å²) in [5.74, 6) is -4.22. The SMILES string of the molecule is CC[C@H]1C[C@H](C)[C@@]2(NC1=O)OC(C[C@H](O)[C@@H](C)CC/C=C/C=C(\C)[C@@H]1C/C=C/C=C/C[C@H](C)[C@@H](O)[C@@H](CCC(C)=O)C(=O)N[C@@H](C(C)C)C(=O)N[C@@H](Cc3cccc(O)c3)C(=O)N3CCCC(N3)C(=O)O1)[C@H](C)C=C2C. The molecular weight excluding hydrogens is 967 g/mol. The molecule has 76 heavy (non-hydrogen) atoms. The van der Waals surface area contributed by atoms with Crippen molar-refractivity contribution in [2.24, 2.45) is 41.4 Å². The highest BCUT2D eigenvalue weighted by molar-refractivity contribution is 5.93. The van der Waals surface area contributed by atoms with Crippen LogP contribution in [0.15, 0.2) is 84.0 Å². The Bertz CT molecular complexity index is 2330. The number of ketones is 1. The molecule has 2 unspecified atom stereocenters. The first-order valence-electron chi connectivity index (χ1n) is 27.9. The fraction of sp³-hybridized carbons (Fsp3) is 0.633. The minimum absolute atomic E-state index is 0.0169. The molecule has 5 rings (SSSR count). The summed E-state index contributed by atoms with van der Waals surface area (Å²) in [6.45, 7) is 19.2. The Morgan fingerprint density at radius 1 is 0.987 bits per heavy atom. The Hall–Kier alpha value is -5.42. The Balaban J connectivity index is 1.33. The molecule has 2 bridgehead atoms. The number of hydrazine groups is 1. The van der Waals surface area contributed by atoms with Gasteiger partial charge in [0.2, 0.25) is 17.7 Å². The molecule has 2 fully saturated rings. The average Bonchev–Trinajstić information content (AvgIpc) is 3.37. The molecule has 4 amide bonds. The Kier molecular flexibility index (Phi) is 23.3. The maximum absolute atomic E-state index is 14.5. The lowest BCUT2D eigenvalue weighted by atomic mass is 9.75. The van der Waals surface area contributed by atoms with Gasteiger partial charge in [-0.05, 0) is 119 Å². The number of carbonyl (C=O) groups excluding carboxylic acids is 6. The van der Waals surface area contributed by atoms with E-state index in [1.165, 1.54) is 24.1 Å². The number of hydrogen-bond acceptors (Lipinski definition) is 12. The van der Waals surface area contributed by atoms with Gasteiger partial charge in [0.25, 0.3) is 5.91 Å². The number of nitrogens with zero attached hydrogens (tertiary/aromatic N) is 1. The molecule has 1 spiro atoms. The van der Waals surface area contributed by atoms with Gasteiger partial charge in [0.05, 0.1) is 24.2 Å². The number of amides is 4. The number of benzene rings is 1. The fourth-order valence-corrected chi connectivity index (χ4v) is 10.9. The van der Waals surface area contributed by atoms with Crippen molar-refractivity contribution in [3.63, 3.8) is 0 Å². The van der Waals surface area contributed by atoms with Gasteiger partial charge in [0, 0.05) is 50.0 Å². The number of carbonyl (C=O) groups is 6. The minimum atomic E-state index is -1.19. The first kappa shape index (κ1) is 61.4. The number of rotatable bonds is 15. The molecule has 4 aliphatic heterocycles. The summed E-state index contributed by atoms with van der Waals surface area (Å²) >= 11 is 0. The second kappa shape index (κ2) is 28.8. The molecule has 14 atom stereocenters. The van der Waals surface area contributed by atoms with E-state index in [0.717, 1.165) is 24.0 Å². The predicted molar refractivity (Wildman–Crippen MR) is 292 cm³/mol. The average molecular weight is 1060 g/mol. The van der Waals surface area contributed by atoms with E-state index in [2.05, 4.69) is 41.3 Å². The van der Waals surface area contributed by atoms with Crippen molar-refractivity contribution in [1.82, 2.24) is 26.4 Å². The normalized spacial score (nSPS) is 32.5. The number of allylic oxidation sites excluding steroid dienone is 6. The number of cyclic esters (lactones) is 1. The van der Waals surface area contributed by atoms with Crippen LogP contribution in [0.3, 0.4) is 0 Å². The summed E-state index contributed by atoms with van der Waals surface area (Å²) in [5.41, 5.74) is 4.56. The zero-order chi connectivity index (χ0) is 55.9. The third-order valence-electron chi connectivity index (χ3n) is 16.0. The summed E-state index contributed by atoms with van der Waals surface area (Å²) in [5, 5.41) is 43.6. The summed E-state index contributed by atoms with van der Waals surface area (Å²) in [4.78, 5) is 82.0. The molecule has 0 aromatic heterocycles. The van der Waals surface area contributed by atoms with Crippen LogP contribution in [0, 0.1) is 41.4 Å². The van der Waals surface area contributed by atoms with Crippen LogP contribution in [0.5, 0.6) is 5.75 Å². The molecule has 4 aliphatic rings. The summed E-state index contributed by atoms with van der Waals surface area (Å²) < 4.78 is 13.0. The number of esters is 1. The van der Waals surface area contributed by atoms with Crippen LogP contribution >= 0.6 is 0 Å². The van der Waals surface area contributed by atoms with Crippen LogP contribution in [0.25, 0.3) is 0 Å². The van der Waals surface area contributed by atoms with Crippen molar-refractivity contribution in [2.75, 3.05) is 6.54 Å². The molecule has 2 saturated heterocycles. The monoisotopic (exact) mass is 1060 g/mol. The standard InChI is InChI=1S/C60H89N5O11/c1-11-45-32-42(9)60(63-55(45)70)41(8)31-40(7)52(76-60)35-50(68)37(4)21-16-14-17-22-38(5)51-27-18-13-12-15-23-39(6)54(69)47(29-28-43(10)66)56(71)62-53(36(2)3)57(72)61-49(34-44-24-19-25-46(67)33-44)58(73)65-30-20-26-48(64-65)59(74)75-51/h12-15,17-19,22,24-25,31,33,36-37,39-40,42,45,47-54,64,67-69H,11,16,20-21,23,26-30,32,34-35H2,1-10H3,(H,61,72)(H,62,71)(H,63,70)/b15-12+,17-14+,18-13+,38-22+/t37-,39-,40+,42-,45-,47+,48?,49-,50-,51-,52?,53-,54+,60-/m0/s1. The number of fused-ring (bicyclic) bond motifs is 2. The first-order chi connectivity index (χ1) is 36.0. The molecule has 1 aromatic carbocycles. The van der Waals surface area contributed by atoms with Crippen molar-refractivity contribution in [3.8, 4) is 5.75 Å². The van der Waals surface area contributed by atoms with Crippen molar-refractivity contribution < 1.29 is 53.6 Å². The number of piperidine rings is 1. The molecule has 0 radical (unpaired) electrons. The van der Waals surface area contributed by atoms with E-state index in [0.29, 0.717) is 50.5 Å². The largest absolute Gasteiger partial charge is 0.508 e. The molecule has 16 nitrogen and oxygen atoms in total. The second-order valence-electron chi connectivity index (χ2n) is 22.6. The van der Waals surface area contributed by atoms with Gasteiger partial charge in [-0.3, -0.25) is 29.0 Å². The molecule has 4 heterocycles. The van der Waals surface area contributed by atoms with Crippen LogP contribution in [0.2, 0.25) is 0 Å². The first-order valence-corrected chi connectivity index (χ1v) is 27.9. The number of phenols is 1. The number of aliphatic hydroxyl groups is 2. The molecule has 16 heteroatoms. The maximum Gasteiger partial charge on any atom is 0.325 e. The topological polar surface area (TPSA) is 233 Å². The van der Waals surface area contributed by atoms with Gasteiger partial charge >= 0.3 is 5.97 Å². The van der Waals surface area contributed by atoms with E-state index < -0.39 is 83.6 Å². The molecule has 0 saturated carbocycles. The van der Waals surface area contributed by atoms with Gasteiger partial charge < -0.3 is 45.5 Å². The zero-order valence-electron chi connectivity index (χ0n) is 46.8. The molecule has 1 aromatic rings. The van der Waals surface area contributed by atoms with Gasteiger partial charge in [-0.25, -0.2) is 5.43 Å². The van der Waals surface area contributed by atoms with E-state index in [1.807, 2.05) is 77.2 Å². The molecular formula is C60H89N5O11. The number of ether oxygens (including phenoxy) is 2. The summed E-state index contributed by atoms with van der Waals surface area (Å²) in [6, 6.07) is 3.16. The lowest BCUT2D eigenvalue weighted by molar-refractivity contribution is -0.179. The lowest BCUT2D eigenvalue weighted by Gasteiger charge is -2.51. The highest BCUT2D eigenvalue weighted by Crippen LogP contribution is 2.43. The van der Waals surface area contributed by atoms with E-state index >= 15 is 0 Å². The Morgan fingerprint density at radius 2 is 1.71 bits per heavy atom. The van der Waals surface area contributed by atoms with Crippen LogP contribution in [-0.2, 0) is 44.7 Å². The van der Waals surface area contributed by atoms with E-state index in [9.17, 15) is 44.1 Å². The van der Waals surface area contributed by atoms with Crippen molar-refractivity contribution >= 4 is 35.4 Å². The van der Waals surface area contributed by atoms with E-state index in [-0.39, 0.29) is 73.0 Å². The van der Waals surface area contributed by atoms with Gasteiger partial charge in [-0.2, -0.15) is 0 Å². The number of nitrogens with one attached hydrogen (secondary N) is 4. The molecule has 0 aliphatic carbocycles. The van der Waals surface area contributed by atoms with Crippen LogP contribution < -0.4 is 21.4 Å². The number of aliphatic hydroxyl groups excluding tert-OH is 2. The summed E-state index contributed by atoms with van der Waals surface area (Å²) in [7, 11) is 0. The van der Waals surface area contributed by atoms with E-state index in [1.54, 1.807) is 26.0 Å². The highest BCUT2D eigenvalue weighted by atomic mass is 16.5. The summed E-state index contributed by atoms with van der Waals surface area (Å²) in [6.07, 6.45) is 17.8. The van der Waals surface area contributed by atoms with Crippen molar-refractivity contribution in [2.45, 2.75) is 195 Å². The quantitative estimate of drug-likeness (QED) is 0.0518. The third-order valence-corrected chi connectivity index (χ3v) is 16.0. The van der Waals surface area contributed by atoms with E-state index in [4.69, 9.17) is 9.47 Å². The van der Waals surface area contributed by atoms with Crippen LogP contribution in [-0.4, -0.2) is 111 Å². The smallest absolute Gasteiger partial charge is 0.325 e. The zero-order valence-corrected chi connectivity index (χ0v) is 46.8. The van der Waals surface area contributed by atoms with Crippen molar-refractivity contribution in [3.05, 3.63) is 89.6 Å². The number of aromatic hydroxyl groups is 1. The minimum Gasteiger partial charge on any atom is -0.508 e. The maximum atomic E-state index is 14.5. The number of hydrogen-bond donors (Lipinski definition) is 7. The van der Waals surface area contributed by atoms with Crippen molar-refractivity contribution in [1.29, 1.82) is 0 Å². The van der Waals surface area contributed by atoms with Gasteiger partial charge in [-0.15, -0.1) is 0 Å².